The third-order valence-corrected chi connectivity index (χ3v) is 4.25. The van der Waals surface area contributed by atoms with E-state index >= 15 is 0 Å². The van der Waals surface area contributed by atoms with Crippen molar-refractivity contribution in [1.29, 1.82) is 0 Å². The molecule has 4 nitrogen and oxygen atoms in total. The van der Waals surface area contributed by atoms with Crippen LogP contribution in [0.2, 0.25) is 0 Å². The summed E-state index contributed by atoms with van der Waals surface area (Å²) in [6.07, 6.45) is 22.8. The first-order valence-electron chi connectivity index (χ1n) is 9.67. The van der Waals surface area contributed by atoms with Gasteiger partial charge in [-0.1, -0.05) is 103 Å². The van der Waals surface area contributed by atoms with Crippen LogP contribution >= 0.6 is 11.6 Å². The third-order valence-electron chi connectivity index (χ3n) is 3.99. The molecule has 25 heavy (non-hydrogen) atoms. The predicted molar refractivity (Wildman–Crippen MR) is 112 cm³/mol. The Labute approximate surface area is 183 Å². The molecule has 0 aliphatic heterocycles. The van der Waals surface area contributed by atoms with Gasteiger partial charge in [-0.05, 0) is 6.42 Å². The van der Waals surface area contributed by atoms with E-state index in [2.05, 4.69) is 6.92 Å². The molecular weight excluding hydrogens is 371 g/mol. The number of hydrogen-bond acceptors (Lipinski definition) is 2. The first kappa shape index (κ1) is 30.9. The molecule has 0 aromatic heterocycles. The van der Waals surface area contributed by atoms with Crippen LogP contribution in [0.4, 0.5) is 0 Å². The minimum absolute atomic E-state index is 0. The van der Waals surface area contributed by atoms with Crippen LogP contribution < -0.4 is 0 Å². The van der Waals surface area contributed by atoms with Gasteiger partial charge in [0.05, 0.1) is 0 Å². The zero-order valence-corrected chi connectivity index (χ0v) is 17.1. The predicted octanol–water partition coefficient (Wildman–Crippen LogP) is 6.19. The fraction of sp³-hybridized carbons (Fsp3) is 1.00. The van der Waals surface area contributed by atoms with Crippen molar-refractivity contribution in [2.45, 2.75) is 110 Å². The van der Waals surface area contributed by atoms with Gasteiger partial charge in [0.25, 0.3) is 0 Å². The molecule has 0 aromatic carbocycles. The molecule has 0 heterocycles. The van der Waals surface area contributed by atoms with Gasteiger partial charge in [-0.3, -0.25) is 9.11 Å². The zero-order chi connectivity index (χ0) is 18.5. The summed E-state index contributed by atoms with van der Waals surface area (Å²) in [5.41, 5.74) is 0. The van der Waals surface area contributed by atoms with Crippen LogP contribution in [0.5, 0.6) is 0 Å². The molecule has 2 N–H and O–H groups in total. The normalized spacial score (nSPS) is 10.7. The van der Waals surface area contributed by atoms with Crippen LogP contribution in [0.15, 0.2) is 0 Å². The maximum absolute atomic E-state index is 8.74. The molecule has 0 saturated heterocycles. The molecule has 0 bridgehead atoms. The van der Waals surface area contributed by atoms with Gasteiger partial charge in [-0.15, -0.1) is 11.6 Å². The molecule has 0 rings (SSSR count). The average molecular weight is 411 g/mol. The van der Waals surface area contributed by atoms with E-state index in [-0.39, 0.29) is 29.6 Å². The molecule has 0 spiro atoms. The van der Waals surface area contributed by atoms with Gasteiger partial charge < -0.3 is 0 Å². The Morgan fingerprint density at radius 2 is 0.800 bits per heavy atom. The van der Waals surface area contributed by atoms with Crippen LogP contribution in [0.25, 0.3) is 0 Å². The van der Waals surface area contributed by atoms with Crippen molar-refractivity contribution in [2.75, 3.05) is 5.88 Å². The van der Waals surface area contributed by atoms with E-state index < -0.39 is 10.4 Å². The van der Waals surface area contributed by atoms with Crippen molar-refractivity contribution in [1.82, 2.24) is 0 Å². The number of rotatable bonds is 16. The summed E-state index contributed by atoms with van der Waals surface area (Å²) in [6, 6.07) is 0. The summed E-state index contributed by atoms with van der Waals surface area (Å²) >= 11 is 5.66. The van der Waals surface area contributed by atoms with Crippen molar-refractivity contribution in [3.63, 3.8) is 0 Å². The minimum atomic E-state index is -4.67. The average Bonchev–Trinajstić information content (AvgIpc) is 2.49. The second-order valence-corrected chi connectivity index (χ2v) is 7.71. The molecule has 0 saturated carbocycles. The summed E-state index contributed by atoms with van der Waals surface area (Å²) in [7, 11) is -4.67. The topological polar surface area (TPSA) is 74.6 Å². The molecule has 0 aromatic rings. The molecule has 0 aliphatic carbocycles. The first-order chi connectivity index (χ1) is 11.4. The summed E-state index contributed by atoms with van der Waals surface area (Å²) in [5.74, 6) is 0.846. The van der Waals surface area contributed by atoms with Crippen molar-refractivity contribution in [3.8, 4) is 0 Å². The Kier molecular flexibility index (Phi) is 31.1. The van der Waals surface area contributed by atoms with Crippen LogP contribution in [0, 0.1) is 0 Å². The first-order valence-corrected chi connectivity index (χ1v) is 11.6. The molecule has 150 valence electrons. The van der Waals surface area contributed by atoms with Gasteiger partial charge in [0.2, 0.25) is 0 Å². The van der Waals surface area contributed by atoms with Gasteiger partial charge in [-0.2, -0.15) is 8.42 Å². The molecule has 0 fully saturated rings. The van der Waals surface area contributed by atoms with Crippen molar-refractivity contribution in [2.24, 2.45) is 0 Å². The second kappa shape index (κ2) is 25.2. The Hall–Kier alpha value is 1.16. The molecule has 0 radical (unpaired) electrons. The van der Waals surface area contributed by atoms with E-state index in [0.29, 0.717) is 0 Å². The van der Waals surface area contributed by atoms with Crippen molar-refractivity contribution in [3.05, 3.63) is 0 Å². The summed E-state index contributed by atoms with van der Waals surface area (Å²) in [6.45, 7) is 2.29. The Morgan fingerprint density at radius 1 is 0.600 bits per heavy atom. The van der Waals surface area contributed by atoms with E-state index in [1.807, 2.05) is 0 Å². The summed E-state index contributed by atoms with van der Waals surface area (Å²) in [4.78, 5) is 0. The van der Waals surface area contributed by atoms with Gasteiger partial charge >= 0.3 is 40.0 Å². The fourth-order valence-electron chi connectivity index (χ4n) is 2.64. The van der Waals surface area contributed by atoms with E-state index in [0.717, 1.165) is 5.88 Å². The molecule has 0 unspecified atom stereocenters. The monoisotopic (exact) mass is 410 g/mol. The van der Waals surface area contributed by atoms with E-state index in [1.165, 1.54) is 103 Å². The quantitative estimate of drug-likeness (QED) is 0.138. The molecule has 0 aliphatic rings. The number of hydrogen-bond donors (Lipinski definition) is 2. The van der Waals surface area contributed by atoms with Gasteiger partial charge in [0.1, 0.15) is 0 Å². The Bertz CT molecular complexity index is 303. The van der Waals surface area contributed by atoms with Crippen LogP contribution in [0.1, 0.15) is 110 Å². The summed E-state index contributed by atoms with van der Waals surface area (Å²) in [5, 5.41) is 0. The molecule has 7 heteroatoms. The molecule has 0 atom stereocenters. The van der Waals surface area contributed by atoms with E-state index in [1.54, 1.807) is 0 Å². The SMILES string of the molecule is CCCCCCCCCCCCCCCCCCCl.O=S(=O)(O)O.[NaH]. The van der Waals surface area contributed by atoms with Crippen molar-refractivity contribution >= 4 is 51.6 Å². The Morgan fingerprint density at radius 3 is 1.00 bits per heavy atom. The fourth-order valence-corrected chi connectivity index (χ4v) is 2.83. The van der Waals surface area contributed by atoms with E-state index in [9.17, 15) is 0 Å². The Balaban J connectivity index is -0.000000704. The number of halogens is 1. The standard InChI is InChI=1S/C18H37Cl.Na.H2O4S.H/c1-2-3-4-5-6-7-8-9-10-11-12-13-14-15-16-17-18-19;;1-5(2,3)4;/h2-18H2,1H3;;(H2,1,2,3,4);. The van der Waals surface area contributed by atoms with Gasteiger partial charge in [-0.25, -0.2) is 0 Å². The van der Waals surface area contributed by atoms with Gasteiger partial charge in [0.15, 0.2) is 0 Å². The number of unbranched alkanes of at least 4 members (excludes halogenated alkanes) is 15. The van der Waals surface area contributed by atoms with Crippen LogP contribution in [-0.2, 0) is 10.4 Å². The van der Waals surface area contributed by atoms with Crippen LogP contribution in [-0.4, -0.2) is 53.0 Å². The second-order valence-electron chi connectivity index (χ2n) is 6.44. The molecule has 0 amide bonds. The van der Waals surface area contributed by atoms with Crippen LogP contribution in [0.3, 0.4) is 0 Å². The van der Waals surface area contributed by atoms with Crippen molar-refractivity contribution < 1.29 is 17.5 Å². The third kappa shape index (κ3) is 45.8. The molecular formula is C18H40ClNaO4S. The zero-order valence-electron chi connectivity index (χ0n) is 15.5. The maximum atomic E-state index is 8.74. The van der Waals surface area contributed by atoms with Gasteiger partial charge in [0, 0.05) is 5.88 Å². The summed E-state index contributed by atoms with van der Waals surface area (Å²) < 4.78 is 31.6. The number of alkyl halides is 1. The van der Waals surface area contributed by atoms with E-state index in [4.69, 9.17) is 29.1 Å².